The molecule has 0 unspecified atom stereocenters. The number of nitrogens with one attached hydrogen (secondary N) is 2. The lowest BCUT2D eigenvalue weighted by Gasteiger charge is -2.09. The van der Waals surface area contributed by atoms with Crippen LogP contribution in [0.4, 0.5) is 24.0 Å². The van der Waals surface area contributed by atoms with Crippen molar-refractivity contribution in [2.45, 2.75) is 20.0 Å². The largest absolute Gasteiger partial charge is 0.476 e. The number of ether oxygens (including phenoxy) is 1. The zero-order valence-corrected chi connectivity index (χ0v) is 12.9. The second-order valence-electron chi connectivity index (χ2n) is 4.77. The molecular formula is C14H15F3N4O3. The van der Waals surface area contributed by atoms with Gasteiger partial charge in [-0.3, -0.25) is 5.32 Å². The molecule has 2 N–H and O–H groups in total. The first-order chi connectivity index (χ1) is 11.3. The van der Waals surface area contributed by atoms with Crippen molar-refractivity contribution in [2.24, 2.45) is 0 Å². The van der Waals surface area contributed by atoms with Gasteiger partial charge in [-0.2, -0.15) is 18.2 Å². The molecule has 2 aromatic rings. The molecule has 0 bridgehead atoms. The highest BCUT2D eigenvalue weighted by Crippen LogP contribution is 2.29. The average Bonchev–Trinajstić information content (AvgIpc) is 2.81. The van der Waals surface area contributed by atoms with Crippen LogP contribution in [0.3, 0.4) is 0 Å². The van der Waals surface area contributed by atoms with E-state index >= 15 is 0 Å². The van der Waals surface area contributed by atoms with E-state index in [0.717, 1.165) is 12.1 Å². The minimum absolute atomic E-state index is 0.0316. The predicted octanol–water partition coefficient (Wildman–Crippen LogP) is 2.91. The number of alkyl halides is 3. The molecule has 24 heavy (non-hydrogen) atoms. The first kappa shape index (κ1) is 17.6. The lowest BCUT2D eigenvalue weighted by atomic mass is 10.3. The van der Waals surface area contributed by atoms with Crippen molar-refractivity contribution < 1.29 is 27.1 Å². The molecule has 7 nitrogen and oxygen atoms in total. The topological polar surface area (TPSA) is 89.3 Å². The summed E-state index contributed by atoms with van der Waals surface area (Å²) in [5, 5.41) is 4.89. The zero-order valence-electron chi connectivity index (χ0n) is 12.9. The van der Waals surface area contributed by atoms with Gasteiger partial charge < -0.3 is 14.5 Å². The minimum Gasteiger partial charge on any atom is -0.476 e. The molecular weight excluding hydrogens is 329 g/mol. The van der Waals surface area contributed by atoms with E-state index in [2.05, 4.69) is 20.6 Å². The third-order valence-corrected chi connectivity index (χ3v) is 2.95. The molecule has 0 aromatic carbocycles. The second kappa shape index (κ2) is 7.20. The molecule has 0 aliphatic carbocycles. The molecule has 10 heteroatoms. The molecule has 0 saturated carbocycles. The van der Waals surface area contributed by atoms with Gasteiger partial charge in [0.1, 0.15) is 12.4 Å². The maximum Gasteiger partial charge on any atom is 0.417 e. The van der Waals surface area contributed by atoms with E-state index in [4.69, 9.17) is 9.15 Å². The second-order valence-corrected chi connectivity index (χ2v) is 4.77. The van der Waals surface area contributed by atoms with E-state index in [9.17, 15) is 18.0 Å². The maximum atomic E-state index is 12.4. The molecule has 0 aliphatic heterocycles. The number of nitrogens with zero attached hydrogens (tertiary/aromatic N) is 2. The Morgan fingerprint density at radius 1 is 1.33 bits per heavy atom. The number of rotatable bonds is 5. The molecule has 0 spiro atoms. The highest BCUT2D eigenvalue weighted by Gasteiger charge is 2.30. The molecule has 130 valence electrons. The Morgan fingerprint density at radius 3 is 2.62 bits per heavy atom. The highest BCUT2D eigenvalue weighted by molar-refractivity contribution is 5.86. The van der Waals surface area contributed by atoms with E-state index in [1.807, 2.05) is 0 Å². The van der Waals surface area contributed by atoms with Gasteiger partial charge in [-0.15, -0.1) is 0 Å². The van der Waals surface area contributed by atoms with Crippen LogP contribution in [-0.2, 0) is 6.18 Å². The standard InChI is InChI=1S/C14H15F3N4O3/c1-8-9(2)24-13(20-8)21-12(22)18-5-6-23-11-4-3-10(7-19-11)14(15,16)17/h3-4,7H,5-6H2,1-2H3,(H2,18,20,21,22). The summed E-state index contributed by atoms with van der Waals surface area (Å²) in [4.78, 5) is 19.1. The predicted molar refractivity (Wildman–Crippen MR) is 77.7 cm³/mol. The van der Waals surface area contributed by atoms with Gasteiger partial charge in [0.2, 0.25) is 5.88 Å². The van der Waals surface area contributed by atoms with Crippen molar-refractivity contribution in [3.8, 4) is 5.88 Å². The van der Waals surface area contributed by atoms with Crippen LogP contribution in [0.5, 0.6) is 5.88 Å². The summed E-state index contributed by atoms with van der Waals surface area (Å²) in [5.74, 6) is 0.631. The first-order valence-corrected chi connectivity index (χ1v) is 6.90. The normalized spacial score (nSPS) is 11.2. The van der Waals surface area contributed by atoms with Crippen LogP contribution in [0, 0.1) is 13.8 Å². The number of urea groups is 1. The Labute approximate surface area is 135 Å². The Balaban J connectivity index is 1.71. The Kier molecular flexibility index (Phi) is 5.27. The first-order valence-electron chi connectivity index (χ1n) is 6.90. The molecule has 2 heterocycles. The Bertz CT molecular complexity index is 679. The van der Waals surface area contributed by atoms with Crippen LogP contribution < -0.4 is 15.4 Å². The minimum atomic E-state index is -4.44. The average molecular weight is 344 g/mol. The number of carbonyl (C=O) groups is 1. The van der Waals surface area contributed by atoms with Crippen molar-refractivity contribution in [3.63, 3.8) is 0 Å². The summed E-state index contributed by atoms with van der Waals surface area (Å²) in [5.41, 5.74) is -0.189. The van der Waals surface area contributed by atoms with Gasteiger partial charge in [-0.1, -0.05) is 0 Å². The molecule has 0 aliphatic rings. The fraction of sp³-hybridized carbons (Fsp3) is 0.357. The summed E-state index contributed by atoms with van der Waals surface area (Å²) in [6.07, 6.45) is -3.76. The van der Waals surface area contributed by atoms with Crippen molar-refractivity contribution in [1.29, 1.82) is 0 Å². The Hall–Kier alpha value is -2.78. The number of oxazole rings is 1. The molecule has 0 fully saturated rings. The summed E-state index contributed by atoms with van der Waals surface area (Å²) < 4.78 is 47.4. The van der Waals surface area contributed by atoms with E-state index in [1.54, 1.807) is 13.8 Å². The van der Waals surface area contributed by atoms with E-state index < -0.39 is 17.8 Å². The molecule has 2 amide bonds. The van der Waals surface area contributed by atoms with Crippen LogP contribution in [0.2, 0.25) is 0 Å². The summed E-state index contributed by atoms with van der Waals surface area (Å²) in [7, 11) is 0. The van der Waals surface area contributed by atoms with Crippen LogP contribution in [0.15, 0.2) is 22.7 Å². The van der Waals surface area contributed by atoms with Crippen molar-refractivity contribution in [3.05, 3.63) is 35.3 Å². The monoisotopic (exact) mass is 344 g/mol. The number of aromatic nitrogens is 2. The molecule has 0 atom stereocenters. The maximum absolute atomic E-state index is 12.4. The van der Waals surface area contributed by atoms with Crippen molar-refractivity contribution in [2.75, 3.05) is 18.5 Å². The molecule has 0 saturated heterocycles. The van der Waals surface area contributed by atoms with E-state index in [1.165, 1.54) is 0 Å². The number of aryl methyl sites for hydroxylation is 2. The van der Waals surface area contributed by atoms with Gasteiger partial charge in [0, 0.05) is 12.3 Å². The summed E-state index contributed by atoms with van der Waals surface area (Å²) in [6, 6.07) is 1.52. The van der Waals surface area contributed by atoms with Gasteiger partial charge in [-0.25, -0.2) is 9.78 Å². The summed E-state index contributed by atoms with van der Waals surface area (Å²) in [6.45, 7) is 3.62. The smallest absolute Gasteiger partial charge is 0.417 e. The van der Waals surface area contributed by atoms with Gasteiger partial charge in [0.25, 0.3) is 0 Å². The third-order valence-electron chi connectivity index (χ3n) is 2.95. The number of anilines is 1. The van der Waals surface area contributed by atoms with Crippen LogP contribution in [-0.4, -0.2) is 29.2 Å². The number of hydrogen-bond donors (Lipinski definition) is 2. The number of amides is 2. The SMILES string of the molecule is Cc1nc(NC(=O)NCCOc2ccc(C(F)(F)F)cn2)oc1C. The number of hydrogen-bond acceptors (Lipinski definition) is 5. The molecule has 2 rings (SSSR count). The van der Waals surface area contributed by atoms with E-state index in [-0.39, 0.29) is 25.0 Å². The number of halogens is 3. The fourth-order valence-electron chi connectivity index (χ4n) is 1.62. The van der Waals surface area contributed by atoms with Gasteiger partial charge in [0.15, 0.2) is 0 Å². The third kappa shape index (κ3) is 4.86. The van der Waals surface area contributed by atoms with Gasteiger partial charge >= 0.3 is 18.2 Å². The van der Waals surface area contributed by atoms with Gasteiger partial charge in [0.05, 0.1) is 17.8 Å². The van der Waals surface area contributed by atoms with Crippen molar-refractivity contribution >= 4 is 12.0 Å². The quantitative estimate of drug-likeness (QED) is 0.814. The van der Waals surface area contributed by atoms with Crippen molar-refractivity contribution in [1.82, 2.24) is 15.3 Å². The molecule has 0 radical (unpaired) electrons. The lowest BCUT2D eigenvalue weighted by Crippen LogP contribution is -2.32. The summed E-state index contributed by atoms with van der Waals surface area (Å²) >= 11 is 0. The van der Waals surface area contributed by atoms with Crippen LogP contribution >= 0.6 is 0 Å². The van der Waals surface area contributed by atoms with Gasteiger partial charge in [-0.05, 0) is 19.9 Å². The lowest BCUT2D eigenvalue weighted by molar-refractivity contribution is -0.137. The zero-order chi connectivity index (χ0) is 17.7. The number of pyridine rings is 1. The van der Waals surface area contributed by atoms with Crippen LogP contribution in [0.1, 0.15) is 17.0 Å². The Morgan fingerprint density at radius 2 is 2.08 bits per heavy atom. The fourth-order valence-corrected chi connectivity index (χ4v) is 1.62. The highest BCUT2D eigenvalue weighted by atomic mass is 19.4. The van der Waals surface area contributed by atoms with Crippen LogP contribution in [0.25, 0.3) is 0 Å². The van der Waals surface area contributed by atoms with E-state index in [0.29, 0.717) is 17.7 Å². The molecule has 2 aromatic heterocycles. The number of carbonyl (C=O) groups excluding carboxylic acids is 1.